The van der Waals surface area contributed by atoms with Gasteiger partial charge in [-0.05, 0) is 35.6 Å². The third kappa shape index (κ3) is 4.37. The first kappa shape index (κ1) is 17.9. The zero-order valence-corrected chi connectivity index (χ0v) is 15.1. The van der Waals surface area contributed by atoms with Crippen molar-refractivity contribution in [1.82, 2.24) is 15.5 Å². The van der Waals surface area contributed by atoms with E-state index in [4.69, 9.17) is 5.26 Å². The molecule has 2 heterocycles. The third-order valence-corrected chi connectivity index (χ3v) is 4.65. The number of anilines is 1. The van der Waals surface area contributed by atoms with E-state index in [1.807, 2.05) is 18.2 Å². The highest BCUT2D eigenvalue weighted by molar-refractivity contribution is 5.79. The summed E-state index contributed by atoms with van der Waals surface area (Å²) in [5.74, 6) is 1.28. The Morgan fingerprint density at radius 3 is 2.65 bits per heavy atom. The maximum Gasteiger partial charge on any atom is 0.224 e. The molecule has 0 aliphatic carbocycles. The Balaban J connectivity index is 1.51. The highest BCUT2D eigenvalue weighted by atomic mass is 16.1. The van der Waals surface area contributed by atoms with Gasteiger partial charge in [-0.25, -0.2) is 0 Å². The number of hydrogen-bond donors (Lipinski definition) is 1. The van der Waals surface area contributed by atoms with Crippen LogP contribution in [0.1, 0.15) is 43.0 Å². The molecule has 134 valence electrons. The van der Waals surface area contributed by atoms with E-state index in [1.54, 1.807) is 12.1 Å². The fourth-order valence-corrected chi connectivity index (χ4v) is 3.12. The summed E-state index contributed by atoms with van der Waals surface area (Å²) in [5, 5.41) is 19.8. The predicted molar refractivity (Wildman–Crippen MR) is 99.7 cm³/mol. The van der Waals surface area contributed by atoms with Gasteiger partial charge in [0.1, 0.15) is 6.07 Å². The molecular formula is C20H23N5O. The van der Waals surface area contributed by atoms with Gasteiger partial charge in [-0.1, -0.05) is 38.1 Å². The minimum absolute atomic E-state index is 0.0417. The van der Waals surface area contributed by atoms with E-state index in [2.05, 4.69) is 46.4 Å². The van der Waals surface area contributed by atoms with Gasteiger partial charge in [-0.2, -0.15) is 5.26 Å². The maximum atomic E-state index is 12.3. The standard InChI is InChI=1S/C20H23N5O/c1-14(2)16-5-3-15(4-6-16)11-20(26)22-18-9-10-25(13-18)19-8-7-17(12-21)23-24-19/h3-8,14,18H,9-11,13H2,1-2H3,(H,22,26). The van der Waals surface area contributed by atoms with Crippen molar-refractivity contribution in [3.8, 4) is 6.07 Å². The molecule has 1 saturated heterocycles. The number of amides is 1. The molecule has 1 aromatic heterocycles. The lowest BCUT2D eigenvalue weighted by Gasteiger charge is -2.17. The topological polar surface area (TPSA) is 81.9 Å². The summed E-state index contributed by atoms with van der Waals surface area (Å²) in [4.78, 5) is 14.4. The molecule has 6 nitrogen and oxygen atoms in total. The molecular weight excluding hydrogens is 326 g/mol. The Hall–Kier alpha value is -2.94. The van der Waals surface area contributed by atoms with E-state index >= 15 is 0 Å². The molecule has 1 amide bonds. The smallest absolute Gasteiger partial charge is 0.224 e. The average Bonchev–Trinajstić information content (AvgIpc) is 3.10. The third-order valence-electron chi connectivity index (χ3n) is 4.65. The van der Waals surface area contributed by atoms with Crippen molar-refractivity contribution in [1.29, 1.82) is 5.26 Å². The van der Waals surface area contributed by atoms with Gasteiger partial charge in [0.05, 0.1) is 6.42 Å². The molecule has 0 saturated carbocycles. The molecule has 1 N–H and O–H groups in total. The summed E-state index contributed by atoms with van der Waals surface area (Å²) in [5.41, 5.74) is 2.62. The Labute approximate surface area is 153 Å². The highest BCUT2D eigenvalue weighted by Gasteiger charge is 2.25. The molecule has 1 atom stereocenters. The van der Waals surface area contributed by atoms with Crippen LogP contribution >= 0.6 is 0 Å². The normalized spacial score (nSPS) is 16.5. The fourth-order valence-electron chi connectivity index (χ4n) is 3.12. The van der Waals surface area contributed by atoms with Crippen LogP contribution in [-0.2, 0) is 11.2 Å². The van der Waals surface area contributed by atoms with Crippen LogP contribution in [0.4, 0.5) is 5.82 Å². The van der Waals surface area contributed by atoms with Gasteiger partial charge in [-0.3, -0.25) is 4.79 Å². The van der Waals surface area contributed by atoms with Crippen molar-refractivity contribution in [3.63, 3.8) is 0 Å². The Kier molecular flexibility index (Phi) is 5.47. The quantitative estimate of drug-likeness (QED) is 0.896. The van der Waals surface area contributed by atoms with Crippen LogP contribution in [0.2, 0.25) is 0 Å². The summed E-state index contributed by atoms with van der Waals surface area (Å²) in [7, 11) is 0. The van der Waals surface area contributed by atoms with E-state index in [0.717, 1.165) is 24.3 Å². The van der Waals surface area contributed by atoms with Crippen LogP contribution in [0.25, 0.3) is 0 Å². The second kappa shape index (κ2) is 7.96. The number of hydrogen-bond acceptors (Lipinski definition) is 5. The van der Waals surface area contributed by atoms with E-state index in [9.17, 15) is 4.79 Å². The maximum absolute atomic E-state index is 12.3. The van der Waals surface area contributed by atoms with Crippen LogP contribution in [0.5, 0.6) is 0 Å². The number of benzene rings is 1. The van der Waals surface area contributed by atoms with E-state index in [-0.39, 0.29) is 11.9 Å². The number of aromatic nitrogens is 2. The summed E-state index contributed by atoms with van der Waals surface area (Å²) < 4.78 is 0. The monoisotopic (exact) mass is 349 g/mol. The number of nitrogens with zero attached hydrogens (tertiary/aromatic N) is 4. The summed E-state index contributed by atoms with van der Waals surface area (Å²) >= 11 is 0. The minimum Gasteiger partial charge on any atom is -0.353 e. The molecule has 0 spiro atoms. The van der Waals surface area contributed by atoms with Crippen LogP contribution in [-0.4, -0.2) is 35.2 Å². The number of rotatable bonds is 5. The van der Waals surface area contributed by atoms with Crippen molar-refractivity contribution in [2.45, 2.75) is 38.6 Å². The van der Waals surface area contributed by atoms with E-state index < -0.39 is 0 Å². The average molecular weight is 349 g/mol. The van der Waals surface area contributed by atoms with Crippen molar-refractivity contribution in [3.05, 3.63) is 53.2 Å². The summed E-state index contributed by atoms with van der Waals surface area (Å²) in [6.07, 6.45) is 1.27. The molecule has 6 heteroatoms. The van der Waals surface area contributed by atoms with Crippen molar-refractivity contribution in [2.75, 3.05) is 18.0 Å². The lowest BCUT2D eigenvalue weighted by atomic mass is 10.0. The number of nitrogens with one attached hydrogen (secondary N) is 1. The lowest BCUT2D eigenvalue weighted by Crippen LogP contribution is -2.38. The predicted octanol–water partition coefficient (Wildman–Crippen LogP) is 2.41. The minimum atomic E-state index is 0.0417. The molecule has 2 aromatic rings. The molecule has 26 heavy (non-hydrogen) atoms. The highest BCUT2D eigenvalue weighted by Crippen LogP contribution is 2.18. The van der Waals surface area contributed by atoms with Gasteiger partial charge < -0.3 is 10.2 Å². The zero-order valence-electron chi connectivity index (χ0n) is 15.1. The number of nitriles is 1. The van der Waals surface area contributed by atoms with Crippen LogP contribution < -0.4 is 10.2 Å². The first-order chi connectivity index (χ1) is 12.5. The first-order valence-electron chi connectivity index (χ1n) is 8.92. The van der Waals surface area contributed by atoms with E-state index in [1.165, 1.54) is 5.56 Å². The lowest BCUT2D eigenvalue weighted by molar-refractivity contribution is -0.121. The van der Waals surface area contributed by atoms with Crippen molar-refractivity contribution >= 4 is 11.7 Å². The van der Waals surface area contributed by atoms with Crippen LogP contribution in [0.15, 0.2) is 36.4 Å². The molecule has 3 rings (SSSR count). The molecule has 1 aromatic carbocycles. The molecule has 1 aliphatic rings. The van der Waals surface area contributed by atoms with Gasteiger partial charge in [0, 0.05) is 19.1 Å². The molecule has 1 fully saturated rings. The second-order valence-corrected chi connectivity index (χ2v) is 6.96. The van der Waals surface area contributed by atoms with Crippen LogP contribution in [0.3, 0.4) is 0 Å². The Morgan fingerprint density at radius 2 is 2.04 bits per heavy atom. The number of carbonyl (C=O) groups is 1. The van der Waals surface area contributed by atoms with Gasteiger partial charge in [0.2, 0.25) is 5.91 Å². The Morgan fingerprint density at radius 1 is 1.27 bits per heavy atom. The largest absolute Gasteiger partial charge is 0.353 e. The first-order valence-corrected chi connectivity index (χ1v) is 8.92. The van der Waals surface area contributed by atoms with E-state index in [0.29, 0.717) is 24.6 Å². The SMILES string of the molecule is CC(C)c1ccc(CC(=O)NC2CCN(c3ccc(C#N)nn3)C2)cc1. The molecule has 0 bridgehead atoms. The van der Waals surface area contributed by atoms with Crippen molar-refractivity contribution in [2.24, 2.45) is 0 Å². The van der Waals surface area contributed by atoms with Crippen LogP contribution in [0, 0.1) is 11.3 Å². The summed E-state index contributed by atoms with van der Waals surface area (Å²) in [6.45, 7) is 5.84. The second-order valence-electron chi connectivity index (χ2n) is 6.96. The van der Waals surface area contributed by atoms with Gasteiger partial charge in [-0.15, -0.1) is 10.2 Å². The zero-order chi connectivity index (χ0) is 18.5. The van der Waals surface area contributed by atoms with Crippen molar-refractivity contribution < 1.29 is 4.79 Å². The van der Waals surface area contributed by atoms with Gasteiger partial charge >= 0.3 is 0 Å². The molecule has 0 radical (unpaired) electrons. The molecule has 1 unspecified atom stereocenters. The number of carbonyl (C=O) groups excluding carboxylic acids is 1. The fraction of sp³-hybridized carbons (Fsp3) is 0.400. The molecule has 1 aliphatic heterocycles. The van der Waals surface area contributed by atoms with Gasteiger partial charge in [0.25, 0.3) is 0 Å². The van der Waals surface area contributed by atoms with Gasteiger partial charge in [0.15, 0.2) is 11.5 Å². The Bertz CT molecular complexity index is 792. The summed E-state index contributed by atoms with van der Waals surface area (Å²) in [6, 6.07) is 13.8.